The van der Waals surface area contributed by atoms with E-state index in [2.05, 4.69) is 12.6 Å². The van der Waals surface area contributed by atoms with Crippen LogP contribution in [0.2, 0.25) is 10.0 Å². The Labute approximate surface area is 141 Å². The van der Waals surface area contributed by atoms with Crippen LogP contribution < -0.4 is 0 Å². The van der Waals surface area contributed by atoms with Crippen LogP contribution in [0, 0.1) is 11.6 Å². The van der Waals surface area contributed by atoms with E-state index in [1.165, 1.54) is 18.2 Å². The summed E-state index contributed by atoms with van der Waals surface area (Å²) < 4.78 is 47.1. The molecule has 2 aromatic rings. The van der Waals surface area contributed by atoms with Crippen molar-refractivity contribution < 1.29 is 17.5 Å². The molecule has 0 saturated heterocycles. The maximum Gasteiger partial charge on any atom is 0.191 e. The van der Waals surface area contributed by atoms with Crippen LogP contribution in [-0.4, -0.2) is 8.76 Å². The van der Waals surface area contributed by atoms with Gasteiger partial charge in [0.25, 0.3) is 0 Å². The lowest BCUT2D eigenvalue weighted by Crippen LogP contribution is -1.95. The lowest BCUT2D eigenvalue weighted by Gasteiger charge is -2.08. The maximum absolute atomic E-state index is 13.7. The molecule has 2 aromatic carbocycles. The van der Waals surface area contributed by atoms with Crippen LogP contribution in [0.25, 0.3) is 0 Å². The summed E-state index contributed by atoms with van der Waals surface area (Å²) >= 11 is 14.0. The second-order valence-corrected chi connectivity index (χ2v) is 7.12. The summed E-state index contributed by atoms with van der Waals surface area (Å²) in [4.78, 5) is 0.296. The van der Waals surface area contributed by atoms with Gasteiger partial charge in [0.1, 0.15) is 16.5 Å². The molecule has 0 aliphatic carbocycles. The van der Waals surface area contributed by atoms with Gasteiger partial charge in [-0.05, 0) is 24.3 Å². The molecular weight excluding hydrogens is 381 g/mol. The highest BCUT2D eigenvalue weighted by atomic mass is 35.5. The molecule has 9 heteroatoms. The summed E-state index contributed by atoms with van der Waals surface area (Å²) in [6.07, 6.45) is 0. The highest BCUT2D eigenvalue weighted by Gasteiger charge is 2.16. The summed E-state index contributed by atoms with van der Waals surface area (Å²) in [5.74, 6) is -1.52. The molecule has 0 bridgehead atoms. The molecule has 112 valence electrons. The highest BCUT2D eigenvalue weighted by molar-refractivity contribution is 7.99. The minimum Gasteiger partial charge on any atom is -0.302 e. The van der Waals surface area contributed by atoms with Crippen molar-refractivity contribution in [1.29, 1.82) is 0 Å². The molecule has 1 unspecified atom stereocenters. The van der Waals surface area contributed by atoms with Crippen molar-refractivity contribution in [2.45, 2.75) is 19.6 Å². The Balaban J connectivity index is 2.39. The molecule has 1 N–H and O–H groups in total. The molecule has 0 aromatic heterocycles. The van der Waals surface area contributed by atoms with E-state index >= 15 is 0 Å². The lowest BCUT2D eigenvalue weighted by atomic mass is 10.3. The third kappa shape index (κ3) is 3.91. The van der Waals surface area contributed by atoms with Crippen molar-refractivity contribution in [2.75, 3.05) is 0 Å². The fraction of sp³-hybridized carbons (Fsp3) is 0. The van der Waals surface area contributed by atoms with Crippen molar-refractivity contribution in [3.8, 4) is 0 Å². The van der Waals surface area contributed by atoms with E-state index in [0.29, 0.717) is 9.79 Å². The Morgan fingerprint density at radius 2 is 1.57 bits per heavy atom. The summed E-state index contributed by atoms with van der Waals surface area (Å²) in [6.45, 7) is 0. The van der Waals surface area contributed by atoms with Crippen LogP contribution in [0.5, 0.6) is 0 Å². The second-order valence-electron chi connectivity index (χ2n) is 3.80. The van der Waals surface area contributed by atoms with Gasteiger partial charge in [0.2, 0.25) is 0 Å². The van der Waals surface area contributed by atoms with Crippen LogP contribution in [0.3, 0.4) is 0 Å². The van der Waals surface area contributed by atoms with Crippen LogP contribution in [0.1, 0.15) is 0 Å². The minimum absolute atomic E-state index is 0.0243. The first-order valence-electron chi connectivity index (χ1n) is 5.25. The zero-order chi connectivity index (χ0) is 15.7. The lowest BCUT2D eigenvalue weighted by molar-refractivity contribution is 0.543. The van der Waals surface area contributed by atoms with Gasteiger partial charge >= 0.3 is 0 Å². The van der Waals surface area contributed by atoms with Crippen molar-refractivity contribution >= 4 is 58.7 Å². The average molecular weight is 387 g/mol. The van der Waals surface area contributed by atoms with Crippen LogP contribution in [0.4, 0.5) is 8.78 Å². The quantitative estimate of drug-likeness (QED) is 0.555. The topological polar surface area (TPSA) is 37.3 Å². The monoisotopic (exact) mass is 386 g/mol. The van der Waals surface area contributed by atoms with Gasteiger partial charge in [0.15, 0.2) is 11.1 Å². The number of hydrogen-bond acceptors (Lipinski definition) is 3. The number of thiol groups is 1. The molecule has 0 aliphatic rings. The molecule has 0 aliphatic heterocycles. The first kappa shape index (κ1) is 17.1. The first-order valence-corrected chi connectivity index (χ1v) is 8.38. The molecule has 21 heavy (non-hydrogen) atoms. The van der Waals surface area contributed by atoms with Crippen molar-refractivity contribution in [1.82, 2.24) is 0 Å². The minimum atomic E-state index is -2.52. The van der Waals surface area contributed by atoms with Crippen molar-refractivity contribution in [3.05, 3.63) is 45.9 Å². The number of halogens is 4. The molecule has 0 fully saturated rings. The van der Waals surface area contributed by atoms with Crippen LogP contribution in [0.15, 0.2) is 43.8 Å². The molecular formula is C12H6Cl2F2O2S3. The predicted octanol–water partition coefficient (Wildman–Crippen LogP) is 5.29. The van der Waals surface area contributed by atoms with Gasteiger partial charge in [0, 0.05) is 9.79 Å². The number of benzene rings is 2. The number of rotatable bonds is 3. The average Bonchev–Trinajstić information content (AvgIpc) is 2.34. The fourth-order valence-electron chi connectivity index (χ4n) is 1.50. The van der Waals surface area contributed by atoms with E-state index in [9.17, 15) is 13.0 Å². The summed E-state index contributed by atoms with van der Waals surface area (Å²) in [6, 6.07) is 5.03. The normalized spacial score (nSPS) is 12.5. The zero-order valence-electron chi connectivity index (χ0n) is 9.94. The molecule has 0 heterocycles. The van der Waals surface area contributed by atoms with Gasteiger partial charge in [-0.3, -0.25) is 0 Å². The Morgan fingerprint density at radius 3 is 2.05 bits per heavy atom. The van der Waals surface area contributed by atoms with Gasteiger partial charge in [-0.25, -0.2) is 13.0 Å². The smallest absolute Gasteiger partial charge is 0.191 e. The van der Waals surface area contributed by atoms with Gasteiger partial charge in [-0.15, -0.1) is 12.6 Å². The second kappa shape index (κ2) is 6.85. The van der Waals surface area contributed by atoms with Crippen LogP contribution >= 0.6 is 47.6 Å². The van der Waals surface area contributed by atoms with Crippen molar-refractivity contribution in [3.63, 3.8) is 0 Å². The molecule has 0 amide bonds. The standard InChI is InChI=1S/C12H6Cl2F2O2S3/c13-7-1-5(3-9(15)11(7)19)20-6-2-8(14)12(21(17)18)10(16)4-6/h1-4,19H,(H,17,18). The Bertz CT molecular complexity index is 694. The largest absolute Gasteiger partial charge is 0.302 e. The molecule has 0 radical (unpaired) electrons. The van der Waals surface area contributed by atoms with Gasteiger partial charge in [-0.1, -0.05) is 35.0 Å². The number of hydrogen-bond donors (Lipinski definition) is 2. The first-order chi connectivity index (χ1) is 9.79. The van der Waals surface area contributed by atoms with E-state index in [1.807, 2.05) is 0 Å². The summed E-state index contributed by atoms with van der Waals surface area (Å²) in [7, 11) is 0. The zero-order valence-corrected chi connectivity index (χ0v) is 14.0. The third-order valence-electron chi connectivity index (χ3n) is 2.37. The van der Waals surface area contributed by atoms with E-state index in [1.54, 1.807) is 0 Å². The fourth-order valence-corrected chi connectivity index (χ4v) is 3.77. The van der Waals surface area contributed by atoms with E-state index < -0.39 is 27.6 Å². The molecule has 0 spiro atoms. The third-order valence-corrected chi connectivity index (χ3v) is 5.37. The Morgan fingerprint density at radius 1 is 1.05 bits per heavy atom. The van der Waals surface area contributed by atoms with Gasteiger partial charge < -0.3 is 4.55 Å². The SMILES string of the molecule is O=S(O)c1c(F)cc(Sc2cc(F)c(S)c(Cl)c2)cc1Cl. The predicted molar refractivity (Wildman–Crippen MR) is 83.2 cm³/mol. The van der Waals surface area contributed by atoms with E-state index in [4.69, 9.17) is 27.8 Å². The summed E-state index contributed by atoms with van der Waals surface area (Å²) in [5.41, 5.74) is 0. The van der Waals surface area contributed by atoms with Gasteiger partial charge in [0.05, 0.1) is 14.9 Å². The molecule has 2 rings (SSSR count). The summed E-state index contributed by atoms with van der Waals surface area (Å²) in [5, 5.41) is -0.0591. The highest BCUT2D eigenvalue weighted by Crippen LogP contribution is 2.36. The molecule has 0 saturated carbocycles. The Hall–Kier alpha value is -0.310. The van der Waals surface area contributed by atoms with E-state index in [-0.39, 0.29) is 14.9 Å². The molecule has 2 nitrogen and oxygen atoms in total. The molecule has 1 atom stereocenters. The van der Waals surface area contributed by atoms with Crippen molar-refractivity contribution in [2.24, 2.45) is 0 Å². The van der Waals surface area contributed by atoms with Gasteiger partial charge in [-0.2, -0.15) is 0 Å². The van der Waals surface area contributed by atoms with E-state index in [0.717, 1.165) is 17.8 Å². The Kier molecular flexibility index (Phi) is 5.56. The maximum atomic E-state index is 13.7. The van der Waals surface area contributed by atoms with Crippen LogP contribution in [-0.2, 0) is 11.1 Å².